The van der Waals surface area contributed by atoms with E-state index >= 15 is 0 Å². The summed E-state index contributed by atoms with van der Waals surface area (Å²) < 4.78 is 0. The summed E-state index contributed by atoms with van der Waals surface area (Å²) in [6, 6.07) is 5.43. The summed E-state index contributed by atoms with van der Waals surface area (Å²) in [4.78, 5) is 0. The lowest BCUT2D eigenvalue weighted by Gasteiger charge is -2.05. The minimum Gasteiger partial charge on any atom is -0.376 e. The van der Waals surface area contributed by atoms with E-state index in [9.17, 15) is 0 Å². The number of nitrogens with one attached hydrogen (secondary N) is 1. The molecule has 0 saturated heterocycles. The Morgan fingerprint density at radius 3 is 2.71 bits per heavy atom. The van der Waals surface area contributed by atoms with Gasteiger partial charge in [0.25, 0.3) is 0 Å². The third kappa shape index (κ3) is 3.70. The Hall–Kier alpha value is -0.510. The number of thiocarbonyl (C=S) groups is 1. The number of benzene rings is 1. The van der Waals surface area contributed by atoms with E-state index in [0.29, 0.717) is 21.7 Å². The molecule has 14 heavy (non-hydrogen) atoms. The fourth-order valence-electron chi connectivity index (χ4n) is 1.04. The average Bonchev–Trinajstić information content (AvgIpc) is 2.08. The van der Waals surface area contributed by atoms with Crippen LogP contribution >= 0.6 is 35.4 Å². The van der Waals surface area contributed by atoms with Crippen LogP contribution in [0.4, 0.5) is 0 Å². The molecule has 0 aliphatic rings. The van der Waals surface area contributed by atoms with E-state index < -0.39 is 0 Å². The van der Waals surface area contributed by atoms with Crippen LogP contribution < -0.4 is 11.1 Å². The number of halogens is 2. The highest BCUT2D eigenvalue weighted by Gasteiger charge is 2.00. The summed E-state index contributed by atoms with van der Waals surface area (Å²) in [5.41, 5.74) is 6.31. The second-order valence-electron chi connectivity index (χ2n) is 2.78. The van der Waals surface area contributed by atoms with Crippen molar-refractivity contribution in [1.82, 2.24) is 5.32 Å². The summed E-state index contributed by atoms with van der Waals surface area (Å²) in [7, 11) is 0. The fourth-order valence-corrected chi connectivity index (χ4v) is 1.65. The first-order valence-electron chi connectivity index (χ1n) is 4.07. The number of rotatable bonds is 3. The van der Waals surface area contributed by atoms with Gasteiger partial charge in [-0.1, -0.05) is 29.3 Å². The van der Waals surface area contributed by atoms with Gasteiger partial charge in [0.1, 0.15) is 0 Å². The van der Waals surface area contributed by atoms with Gasteiger partial charge in [0, 0.05) is 16.6 Å². The summed E-state index contributed by atoms with van der Waals surface area (Å²) in [5.74, 6) is 0. The molecule has 0 heterocycles. The van der Waals surface area contributed by atoms with Crippen molar-refractivity contribution in [3.63, 3.8) is 0 Å². The van der Waals surface area contributed by atoms with Crippen molar-refractivity contribution in [1.29, 1.82) is 0 Å². The molecule has 5 heteroatoms. The van der Waals surface area contributed by atoms with Gasteiger partial charge in [0.2, 0.25) is 0 Å². The van der Waals surface area contributed by atoms with Crippen molar-refractivity contribution < 1.29 is 0 Å². The van der Waals surface area contributed by atoms with E-state index in [1.807, 2.05) is 12.1 Å². The van der Waals surface area contributed by atoms with E-state index in [1.165, 1.54) is 0 Å². The van der Waals surface area contributed by atoms with Crippen LogP contribution in [0.3, 0.4) is 0 Å². The molecule has 0 fully saturated rings. The van der Waals surface area contributed by atoms with Crippen molar-refractivity contribution in [3.8, 4) is 0 Å². The van der Waals surface area contributed by atoms with Crippen LogP contribution in [-0.2, 0) is 6.42 Å². The average molecular weight is 249 g/mol. The van der Waals surface area contributed by atoms with Crippen LogP contribution in [-0.4, -0.2) is 11.7 Å². The molecule has 3 N–H and O–H groups in total. The number of hydrogen-bond acceptors (Lipinski definition) is 1. The maximum atomic E-state index is 5.97. The molecule has 1 aromatic rings. The van der Waals surface area contributed by atoms with Crippen LogP contribution in [0.25, 0.3) is 0 Å². The van der Waals surface area contributed by atoms with Gasteiger partial charge in [-0.3, -0.25) is 0 Å². The minimum atomic E-state index is 0.301. The zero-order valence-electron chi connectivity index (χ0n) is 7.39. The Bertz CT molecular complexity index is 342. The SMILES string of the molecule is NC(=S)NCCc1ccc(Cl)cc1Cl. The number of hydrogen-bond donors (Lipinski definition) is 2. The zero-order chi connectivity index (χ0) is 10.6. The molecular formula is C9H10Cl2N2S. The molecule has 0 saturated carbocycles. The summed E-state index contributed by atoms with van der Waals surface area (Å²) in [6.45, 7) is 0.677. The van der Waals surface area contributed by atoms with Crippen molar-refractivity contribution in [2.75, 3.05) is 6.54 Å². The molecule has 0 unspecified atom stereocenters. The maximum Gasteiger partial charge on any atom is 0.163 e. The minimum absolute atomic E-state index is 0.301. The van der Waals surface area contributed by atoms with Gasteiger partial charge in [-0.05, 0) is 36.3 Å². The third-order valence-corrected chi connectivity index (χ3v) is 2.44. The molecule has 76 valence electrons. The van der Waals surface area contributed by atoms with Gasteiger partial charge in [0.05, 0.1) is 0 Å². The summed E-state index contributed by atoms with van der Waals surface area (Å²) in [6.07, 6.45) is 0.771. The predicted molar refractivity (Wildman–Crippen MR) is 65.0 cm³/mol. The van der Waals surface area contributed by atoms with Crippen molar-refractivity contribution >= 4 is 40.5 Å². The van der Waals surface area contributed by atoms with Crippen molar-refractivity contribution in [2.45, 2.75) is 6.42 Å². The van der Waals surface area contributed by atoms with Crippen LogP contribution in [0.2, 0.25) is 10.0 Å². The third-order valence-electron chi connectivity index (χ3n) is 1.71. The Labute approximate surface area is 98.4 Å². The topological polar surface area (TPSA) is 38.0 Å². The summed E-state index contributed by atoms with van der Waals surface area (Å²) in [5, 5.41) is 4.46. The molecule has 0 atom stereocenters. The first-order chi connectivity index (χ1) is 6.59. The molecule has 1 aromatic carbocycles. The highest BCUT2D eigenvalue weighted by molar-refractivity contribution is 7.80. The Morgan fingerprint density at radius 2 is 2.14 bits per heavy atom. The van der Waals surface area contributed by atoms with E-state index in [0.717, 1.165) is 12.0 Å². The molecule has 0 spiro atoms. The lowest BCUT2D eigenvalue weighted by molar-refractivity contribution is 0.870. The predicted octanol–water partition coefficient (Wildman–Crippen LogP) is 2.37. The zero-order valence-corrected chi connectivity index (χ0v) is 9.72. The highest BCUT2D eigenvalue weighted by atomic mass is 35.5. The standard InChI is InChI=1S/C9H10Cl2N2S/c10-7-2-1-6(8(11)5-7)3-4-13-9(12)14/h1-2,5H,3-4H2,(H3,12,13,14). The molecule has 0 bridgehead atoms. The van der Waals surface area contributed by atoms with Gasteiger partial charge in [0.15, 0.2) is 5.11 Å². The van der Waals surface area contributed by atoms with Crippen LogP contribution in [0.1, 0.15) is 5.56 Å². The van der Waals surface area contributed by atoms with E-state index in [1.54, 1.807) is 6.07 Å². The normalized spacial score (nSPS) is 9.86. The summed E-state index contributed by atoms with van der Waals surface area (Å²) >= 11 is 16.4. The second kappa shape index (κ2) is 5.39. The van der Waals surface area contributed by atoms with Gasteiger partial charge < -0.3 is 11.1 Å². The first-order valence-corrected chi connectivity index (χ1v) is 5.23. The fraction of sp³-hybridized carbons (Fsp3) is 0.222. The molecular weight excluding hydrogens is 239 g/mol. The second-order valence-corrected chi connectivity index (χ2v) is 4.06. The molecule has 0 aliphatic carbocycles. The lowest BCUT2D eigenvalue weighted by atomic mass is 10.1. The van der Waals surface area contributed by atoms with Gasteiger partial charge in [-0.2, -0.15) is 0 Å². The lowest BCUT2D eigenvalue weighted by Crippen LogP contribution is -2.30. The van der Waals surface area contributed by atoms with Crippen LogP contribution in [0.5, 0.6) is 0 Å². The molecule has 0 radical (unpaired) electrons. The smallest absolute Gasteiger partial charge is 0.163 e. The maximum absolute atomic E-state index is 5.97. The van der Waals surface area contributed by atoms with Gasteiger partial charge in [-0.25, -0.2) is 0 Å². The number of nitrogens with two attached hydrogens (primary N) is 1. The molecule has 0 aliphatic heterocycles. The van der Waals surface area contributed by atoms with E-state index in [-0.39, 0.29) is 0 Å². The van der Waals surface area contributed by atoms with Gasteiger partial charge in [-0.15, -0.1) is 0 Å². The van der Waals surface area contributed by atoms with E-state index in [2.05, 4.69) is 17.5 Å². The van der Waals surface area contributed by atoms with Crippen molar-refractivity contribution in [3.05, 3.63) is 33.8 Å². The monoisotopic (exact) mass is 248 g/mol. The largest absolute Gasteiger partial charge is 0.376 e. The van der Waals surface area contributed by atoms with Gasteiger partial charge >= 0.3 is 0 Å². The van der Waals surface area contributed by atoms with Crippen LogP contribution in [0.15, 0.2) is 18.2 Å². The molecule has 0 aromatic heterocycles. The Balaban J connectivity index is 2.55. The molecule has 2 nitrogen and oxygen atoms in total. The first kappa shape index (κ1) is 11.6. The van der Waals surface area contributed by atoms with Crippen LogP contribution in [0, 0.1) is 0 Å². The quantitative estimate of drug-likeness (QED) is 0.807. The Morgan fingerprint density at radius 1 is 1.43 bits per heavy atom. The van der Waals surface area contributed by atoms with E-state index in [4.69, 9.17) is 28.9 Å². The highest BCUT2D eigenvalue weighted by Crippen LogP contribution is 2.20. The molecule has 1 rings (SSSR count). The van der Waals surface area contributed by atoms with Crippen molar-refractivity contribution in [2.24, 2.45) is 5.73 Å². The molecule has 0 amide bonds. The Kier molecular flexibility index (Phi) is 4.45.